The van der Waals surface area contributed by atoms with Gasteiger partial charge in [0, 0.05) is 11.8 Å². The number of hydrogen-bond acceptors (Lipinski definition) is 1. The SMILES string of the molecule is C=N\C=C/C(/C=C\c1ccccc1C#CC)=C\C=C/C=C\C=C\C. The lowest BCUT2D eigenvalue weighted by molar-refractivity contribution is 1.56. The van der Waals surface area contributed by atoms with Crippen LogP contribution in [0.3, 0.4) is 0 Å². The quantitative estimate of drug-likeness (QED) is 0.337. The predicted octanol–water partition coefficient (Wildman–Crippen LogP) is 5.90. The molecule has 1 rings (SSSR count). The lowest BCUT2D eigenvalue weighted by Gasteiger charge is -1.98. The predicted molar refractivity (Wildman–Crippen MR) is 108 cm³/mol. The Morgan fingerprint density at radius 1 is 1.04 bits per heavy atom. The average molecular weight is 313 g/mol. The molecule has 120 valence electrons. The van der Waals surface area contributed by atoms with Crippen molar-refractivity contribution in [2.45, 2.75) is 13.8 Å². The van der Waals surface area contributed by atoms with Crippen molar-refractivity contribution in [1.29, 1.82) is 0 Å². The second-order valence-electron chi connectivity index (χ2n) is 4.76. The lowest BCUT2D eigenvalue weighted by Crippen LogP contribution is -1.81. The van der Waals surface area contributed by atoms with Crippen molar-refractivity contribution in [2.24, 2.45) is 4.99 Å². The van der Waals surface area contributed by atoms with Gasteiger partial charge >= 0.3 is 0 Å². The molecule has 0 N–H and O–H groups in total. The van der Waals surface area contributed by atoms with Gasteiger partial charge in [-0.2, -0.15) is 0 Å². The summed E-state index contributed by atoms with van der Waals surface area (Å²) in [4.78, 5) is 3.77. The Kier molecular flexibility index (Phi) is 9.81. The Morgan fingerprint density at radius 3 is 2.54 bits per heavy atom. The molecule has 0 saturated carbocycles. The van der Waals surface area contributed by atoms with Crippen molar-refractivity contribution in [3.8, 4) is 11.8 Å². The molecule has 0 fully saturated rings. The largest absolute Gasteiger partial charge is 0.272 e. The fraction of sp³-hybridized carbons (Fsp3) is 0.0870. The molecule has 0 unspecified atom stereocenters. The minimum atomic E-state index is 1.02. The smallest absolute Gasteiger partial charge is 0.0317 e. The van der Waals surface area contributed by atoms with Crippen molar-refractivity contribution in [1.82, 2.24) is 0 Å². The molecule has 0 aromatic heterocycles. The van der Waals surface area contributed by atoms with Gasteiger partial charge in [0.2, 0.25) is 0 Å². The molecule has 0 bridgehead atoms. The van der Waals surface area contributed by atoms with Crippen LogP contribution < -0.4 is 0 Å². The molecule has 1 heteroatoms. The third-order valence-corrected chi connectivity index (χ3v) is 2.97. The van der Waals surface area contributed by atoms with Crippen LogP contribution in [0.15, 0.2) is 95.7 Å². The van der Waals surface area contributed by atoms with E-state index in [1.54, 1.807) is 6.20 Å². The van der Waals surface area contributed by atoms with Crippen LogP contribution in [0.2, 0.25) is 0 Å². The molecular formula is C23H23N. The Hall–Kier alpha value is -3.11. The van der Waals surface area contributed by atoms with Crippen LogP contribution in [0.1, 0.15) is 25.0 Å². The van der Waals surface area contributed by atoms with Gasteiger partial charge in [-0.05, 0) is 43.8 Å². The monoisotopic (exact) mass is 313 g/mol. The number of nitrogens with zero attached hydrogens (tertiary/aromatic N) is 1. The van der Waals surface area contributed by atoms with Gasteiger partial charge in [-0.1, -0.05) is 78.8 Å². The molecule has 0 heterocycles. The maximum absolute atomic E-state index is 3.77. The van der Waals surface area contributed by atoms with Gasteiger partial charge in [0.1, 0.15) is 0 Å². The standard InChI is InChI=1S/C23H23N/c1-4-6-7-8-9-10-14-21(19-20-24-3)17-18-23-16-12-11-15-22(23)13-5-2/h4,6-12,14-20H,3H2,1-2H3/b6-4+,8-7-,10-9-,18-17-,20-19-,21-14-. The van der Waals surface area contributed by atoms with Gasteiger partial charge in [0.25, 0.3) is 0 Å². The first-order chi connectivity index (χ1) is 11.8. The second kappa shape index (κ2) is 12.4. The third-order valence-electron chi connectivity index (χ3n) is 2.97. The van der Waals surface area contributed by atoms with Crippen molar-refractivity contribution in [3.05, 3.63) is 102 Å². The molecule has 0 amide bonds. The van der Waals surface area contributed by atoms with E-state index in [0.717, 1.165) is 16.7 Å². The third kappa shape index (κ3) is 7.77. The van der Waals surface area contributed by atoms with Gasteiger partial charge in [-0.15, -0.1) is 5.92 Å². The topological polar surface area (TPSA) is 12.4 Å². The van der Waals surface area contributed by atoms with E-state index < -0.39 is 0 Å². The number of rotatable bonds is 7. The van der Waals surface area contributed by atoms with Crippen LogP contribution >= 0.6 is 0 Å². The molecule has 0 saturated heterocycles. The highest BCUT2D eigenvalue weighted by molar-refractivity contribution is 5.62. The second-order valence-corrected chi connectivity index (χ2v) is 4.76. The minimum absolute atomic E-state index is 1.02. The zero-order valence-electron chi connectivity index (χ0n) is 14.3. The summed E-state index contributed by atoms with van der Waals surface area (Å²) in [6, 6.07) is 8.08. The Bertz CT molecular complexity index is 757. The van der Waals surface area contributed by atoms with Crippen molar-refractivity contribution in [2.75, 3.05) is 0 Å². The molecule has 1 aromatic carbocycles. The number of benzene rings is 1. The summed E-state index contributed by atoms with van der Waals surface area (Å²) in [7, 11) is 0. The Morgan fingerprint density at radius 2 is 1.79 bits per heavy atom. The first kappa shape index (κ1) is 18.9. The van der Waals surface area contributed by atoms with Gasteiger partial charge in [-0.3, -0.25) is 4.99 Å². The van der Waals surface area contributed by atoms with E-state index in [1.165, 1.54) is 0 Å². The van der Waals surface area contributed by atoms with E-state index in [0.29, 0.717) is 0 Å². The first-order valence-electron chi connectivity index (χ1n) is 7.80. The highest BCUT2D eigenvalue weighted by Crippen LogP contribution is 2.12. The first-order valence-corrected chi connectivity index (χ1v) is 7.80. The van der Waals surface area contributed by atoms with E-state index in [1.807, 2.05) is 86.7 Å². The molecule has 0 aliphatic carbocycles. The van der Waals surface area contributed by atoms with Crippen molar-refractivity contribution < 1.29 is 0 Å². The van der Waals surface area contributed by atoms with Crippen molar-refractivity contribution in [3.63, 3.8) is 0 Å². The molecule has 1 aromatic rings. The molecule has 0 aliphatic heterocycles. The maximum Gasteiger partial charge on any atom is 0.0317 e. The molecule has 0 atom stereocenters. The number of allylic oxidation sites excluding steroid dienone is 10. The number of aliphatic imine (C=N–C) groups is 1. The molecule has 0 aliphatic rings. The molecule has 0 spiro atoms. The van der Waals surface area contributed by atoms with E-state index in [9.17, 15) is 0 Å². The summed E-state index contributed by atoms with van der Waals surface area (Å²) in [6.45, 7) is 7.31. The fourth-order valence-electron chi connectivity index (χ4n) is 1.85. The van der Waals surface area contributed by atoms with Gasteiger partial charge in [0.15, 0.2) is 0 Å². The van der Waals surface area contributed by atoms with Crippen molar-refractivity contribution >= 4 is 12.8 Å². The highest BCUT2D eigenvalue weighted by atomic mass is 14.6. The van der Waals surface area contributed by atoms with Gasteiger partial charge in [-0.25, -0.2) is 0 Å². The number of hydrogen-bond donors (Lipinski definition) is 0. The van der Waals surface area contributed by atoms with Gasteiger partial charge < -0.3 is 0 Å². The molecule has 0 radical (unpaired) electrons. The van der Waals surface area contributed by atoms with E-state index in [-0.39, 0.29) is 0 Å². The van der Waals surface area contributed by atoms with E-state index >= 15 is 0 Å². The van der Waals surface area contributed by atoms with Crippen LogP contribution in [0.5, 0.6) is 0 Å². The summed E-state index contributed by atoms with van der Waals surface area (Å²) >= 11 is 0. The minimum Gasteiger partial charge on any atom is -0.272 e. The summed E-state index contributed by atoms with van der Waals surface area (Å²) in [5.41, 5.74) is 3.14. The Labute approximate surface area is 145 Å². The van der Waals surface area contributed by atoms with Crippen LogP contribution in [0, 0.1) is 11.8 Å². The van der Waals surface area contributed by atoms with Crippen LogP contribution in [-0.2, 0) is 0 Å². The van der Waals surface area contributed by atoms with Crippen LogP contribution in [0.25, 0.3) is 6.08 Å². The molecule has 1 nitrogen and oxygen atoms in total. The average Bonchev–Trinajstić information content (AvgIpc) is 2.61. The fourth-order valence-corrected chi connectivity index (χ4v) is 1.85. The Balaban J connectivity index is 2.99. The summed E-state index contributed by atoms with van der Waals surface area (Å²) < 4.78 is 0. The van der Waals surface area contributed by atoms with Gasteiger partial charge in [0.05, 0.1) is 0 Å². The summed E-state index contributed by atoms with van der Waals surface area (Å²) in [5.74, 6) is 6.06. The molecular weight excluding hydrogens is 290 g/mol. The lowest BCUT2D eigenvalue weighted by atomic mass is 10.1. The van der Waals surface area contributed by atoms with E-state index in [4.69, 9.17) is 0 Å². The molecule has 24 heavy (non-hydrogen) atoms. The normalized spacial score (nSPS) is 12.7. The highest BCUT2D eigenvalue weighted by Gasteiger charge is 1.94. The van der Waals surface area contributed by atoms with E-state index in [2.05, 4.69) is 35.7 Å². The zero-order valence-corrected chi connectivity index (χ0v) is 14.3. The summed E-state index contributed by atoms with van der Waals surface area (Å²) in [5, 5.41) is 0. The van der Waals surface area contributed by atoms with Crippen LogP contribution in [-0.4, -0.2) is 6.72 Å². The summed E-state index contributed by atoms with van der Waals surface area (Å²) in [6.07, 6.45) is 21.6. The van der Waals surface area contributed by atoms with Crippen LogP contribution in [0.4, 0.5) is 0 Å². The maximum atomic E-state index is 3.77. The zero-order chi connectivity index (χ0) is 17.5.